The van der Waals surface area contributed by atoms with E-state index in [2.05, 4.69) is 42.3 Å². The monoisotopic (exact) mass is 380 g/mol. The molecule has 0 aliphatic rings. The SMILES string of the molecule is Br.Br.C[N+](C)(C)CC(CO)(CO)C[N+](C)(C)C. The predicted molar refractivity (Wildman–Crippen MR) is 83.0 cm³/mol. The Morgan fingerprint density at radius 3 is 1.06 bits per heavy atom. The molecule has 0 amide bonds. The van der Waals surface area contributed by atoms with Crippen LogP contribution in [-0.2, 0) is 0 Å². The van der Waals surface area contributed by atoms with E-state index in [1.54, 1.807) is 0 Å². The molecule has 108 valence electrons. The van der Waals surface area contributed by atoms with Gasteiger partial charge < -0.3 is 19.2 Å². The van der Waals surface area contributed by atoms with Crippen LogP contribution >= 0.6 is 34.0 Å². The third kappa shape index (κ3) is 10.4. The summed E-state index contributed by atoms with van der Waals surface area (Å²) in [4.78, 5) is 0. The van der Waals surface area contributed by atoms with Gasteiger partial charge in [0.15, 0.2) is 0 Å². The molecule has 0 aliphatic carbocycles. The number of rotatable bonds is 6. The van der Waals surface area contributed by atoms with Crippen molar-refractivity contribution in [2.45, 2.75) is 0 Å². The maximum Gasteiger partial charge on any atom is 0.114 e. The highest BCUT2D eigenvalue weighted by molar-refractivity contribution is 8.93. The Bertz CT molecular complexity index is 179. The average molecular weight is 382 g/mol. The number of quaternary nitrogens is 2. The maximum atomic E-state index is 9.52. The number of aliphatic hydroxyl groups is 2. The highest BCUT2D eigenvalue weighted by Crippen LogP contribution is 2.22. The summed E-state index contributed by atoms with van der Waals surface area (Å²) in [6.07, 6.45) is 0. The van der Waals surface area contributed by atoms with Crippen LogP contribution in [0, 0.1) is 5.41 Å². The van der Waals surface area contributed by atoms with E-state index in [0.29, 0.717) is 0 Å². The van der Waals surface area contributed by atoms with Crippen LogP contribution in [0.4, 0.5) is 0 Å². The zero-order valence-electron chi connectivity index (χ0n) is 11.9. The van der Waals surface area contributed by atoms with Gasteiger partial charge in [0, 0.05) is 0 Å². The van der Waals surface area contributed by atoms with Crippen molar-refractivity contribution in [3.63, 3.8) is 0 Å². The molecule has 0 unspecified atom stereocenters. The Balaban J connectivity index is -0.000000980. The van der Waals surface area contributed by atoms with Gasteiger partial charge in [0.1, 0.15) is 5.41 Å². The molecule has 0 bridgehead atoms. The molecule has 0 saturated heterocycles. The van der Waals surface area contributed by atoms with E-state index in [1.165, 1.54) is 0 Å². The van der Waals surface area contributed by atoms with Crippen molar-refractivity contribution in [3.05, 3.63) is 0 Å². The second kappa shape index (κ2) is 8.07. The smallest absolute Gasteiger partial charge is 0.114 e. The quantitative estimate of drug-likeness (QED) is 0.658. The van der Waals surface area contributed by atoms with Gasteiger partial charge >= 0.3 is 0 Å². The van der Waals surface area contributed by atoms with Gasteiger partial charge in [-0.15, -0.1) is 34.0 Å². The molecule has 0 fully saturated rings. The molecule has 0 atom stereocenters. The van der Waals surface area contributed by atoms with Gasteiger partial charge in [0.05, 0.1) is 68.6 Å². The van der Waals surface area contributed by atoms with Crippen LogP contribution in [0.3, 0.4) is 0 Å². The first-order chi connectivity index (χ1) is 6.54. The van der Waals surface area contributed by atoms with E-state index in [9.17, 15) is 10.2 Å². The van der Waals surface area contributed by atoms with Crippen LogP contribution in [0.25, 0.3) is 0 Å². The van der Waals surface area contributed by atoms with Crippen LogP contribution < -0.4 is 0 Å². The largest absolute Gasteiger partial charge is 0.395 e. The molecule has 0 spiro atoms. The molecule has 0 radical (unpaired) electrons. The second-order valence-electron chi connectivity index (χ2n) is 6.71. The lowest BCUT2D eigenvalue weighted by atomic mass is 9.87. The number of aliphatic hydroxyl groups excluding tert-OH is 2. The van der Waals surface area contributed by atoms with E-state index in [4.69, 9.17) is 0 Å². The highest BCUT2D eigenvalue weighted by Gasteiger charge is 2.40. The van der Waals surface area contributed by atoms with Crippen molar-refractivity contribution in [2.75, 3.05) is 68.6 Å². The van der Waals surface area contributed by atoms with E-state index in [-0.39, 0.29) is 47.2 Å². The molecular weight excluding hydrogens is 352 g/mol. The van der Waals surface area contributed by atoms with Gasteiger partial charge in [-0.25, -0.2) is 0 Å². The lowest BCUT2D eigenvalue weighted by Gasteiger charge is -2.40. The van der Waals surface area contributed by atoms with Crippen LogP contribution in [-0.4, -0.2) is 87.8 Å². The third-order valence-corrected chi connectivity index (χ3v) is 2.29. The predicted octanol–water partition coefficient (Wildman–Crippen LogP) is 0.526. The Morgan fingerprint density at radius 1 is 0.706 bits per heavy atom. The molecule has 0 aliphatic heterocycles. The minimum atomic E-state index is -0.392. The van der Waals surface area contributed by atoms with Gasteiger partial charge in [0.25, 0.3) is 0 Å². The fourth-order valence-electron chi connectivity index (χ4n) is 2.31. The van der Waals surface area contributed by atoms with Gasteiger partial charge in [-0.1, -0.05) is 0 Å². The number of hydrogen-bond acceptors (Lipinski definition) is 2. The zero-order valence-corrected chi connectivity index (χ0v) is 15.4. The van der Waals surface area contributed by atoms with Crippen LogP contribution in [0.2, 0.25) is 0 Å². The second-order valence-corrected chi connectivity index (χ2v) is 6.71. The Hall–Kier alpha value is 0.800. The molecule has 4 nitrogen and oxygen atoms in total. The molecule has 0 aromatic rings. The van der Waals surface area contributed by atoms with Crippen molar-refractivity contribution >= 4 is 34.0 Å². The lowest BCUT2D eigenvalue weighted by molar-refractivity contribution is -0.903. The number of hydrogen-bond donors (Lipinski definition) is 2. The van der Waals surface area contributed by atoms with Gasteiger partial charge in [0.2, 0.25) is 0 Å². The minimum absolute atomic E-state index is 0. The summed E-state index contributed by atoms with van der Waals surface area (Å²) in [5.74, 6) is 0. The van der Waals surface area contributed by atoms with Gasteiger partial charge in [-0.3, -0.25) is 0 Å². The molecule has 0 aromatic heterocycles. The Morgan fingerprint density at radius 2 is 0.941 bits per heavy atom. The molecule has 0 aromatic carbocycles. The average Bonchev–Trinajstić information content (AvgIpc) is 1.98. The molecule has 0 heterocycles. The van der Waals surface area contributed by atoms with E-state index in [1.807, 2.05) is 0 Å². The van der Waals surface area contributed by atoms with Crippen molar-refractivity contribution in [3.8, 4) is 0 Å². The topological polar surface area (TPSA) is 40.5 Å². The summed E-state index contributed by atoms with van der Waals surface area (Å²) >= 11 is 0. The van der Waals surface area contributed by atoms with Crippen molar-refractivity contribution < 1.29 is 19.2 Å². The van der Waals surface area contributed by atoms with E-state index < -0.39 is 5.41 Å². The standard InChI is InChI=1S/C11H28N2O2.2BrH/c1-12(2,3)7-11(9-14,10-15)8-13(4,5)6;;/h14-15H,7-10H2,1-6H3;2*1H/q+2;;. The van der Waals surface area contributed by atoms with E-state index >= 15 is 0 Å². The summed E-state index contributed by atoms with van der Waals surface area (Å²) < 4.78 is 1.50. The summed E-state index contributed by atoms with van der Waals surface area (Å²) in [7, 11) is 12.5. The Kier molecular flexibility index (Phi) is 10.9. The first-order valence-electron chi connectivity index (χ1n) is 5.36. The Labute approximate surface area is 127 Å². The summed E-state index contributed by atoms with van der Waals surface area (Å²) in [5, 5.41) is 19.0. The fourth-order valence-corrected chi connectivity index (χ4v) is 2.31. The highest BCUT2D eigenvalue weighted by atomic mass is 79.9. The number of halogens is 2. The normalized spacial score (nSPS) is 12.7. The first kappa shape index (κ1) is 22.9. The van der Waals surface area contributed by atoms with Gasteiger partial charge in [-0.05, 0) is 0 Å². The van der Waals surface area contributed by atoms with Crippen molar-refractivity contribution in [1.29, 1.82) is 0 Å². The molecule has 6 heteroatoms. The van der Waals surface area contributed by atoms with Crippen molar-refractivity contribution in [2.24, 2.45) is 5.41 Å². The lowest BCUT2D eigenvalue weighted by Crippen LogP contribution is -2.56. The molecule has 17 heavy (non-hydrogen) atoms. The van der Waals surface area contributed by atoms with Crippen LogP contribution in [0.1, 0.15) is 0 Å². The van der Waals surface area contributed by atoms with Gasteiger partial charge in [-0.2, -0.15) is 0 Å². The van der Waals surface area contributed by atoms with Crippen LogP contribution in [0.15, 0.2) is 0 Å². The first-order valence-corrected chi connectivity index (χ1v) is 5.36. The maximum absolute atomic E-state index is 9.52. The minimum Gasteiger partial charge on any atom is -0.395 e. The molecule has 2 N–H and O–H groups in total. The molecular formula is C11H30Br2N2O2+2. The fraction of sp³-hybridized carbons (Fsp3) is 1.00. The third-order valence-electron chi connectivity index (χ3n) is 2.29. The molecule has 0 saturated carbocycles. The summed E-state index contributed by atoms with van der Waals surface area (Å²) in [6.45, 7) is 1.62. The summed E-state index contributed by atoms with van der Waals surface area (Å²) in [5.41, 5.74) is -0.392. The van der Waals surface area contributed by atoms with Crippen molar-refractivity contribution in [1.82, 2.24) is 0 Å². The summed E-state index contributed by atoms with van der Waals surface area (Å²) in [6, 6.07) is 0. The van der Waals surface area contributed by atoms with E-state index in [0.717, 1.165) is 22.1 Å². The molecule has 0 rings (SSSR count). The number of nitrogens with zero attached hydrogens (tertiary/aromatic N) is 2. The zero-order chi connectivity index (χ0) is 12.3. The van der Waals surface area contributed by atoms with Crippen LogP contribution in [0.5, 0.6) is 0 Å².